The lowest BCUT2D eigenvalue weighted by atomic mass is 10.0. The van der Waals surface area contributed by atoms with E-state index in [2.05, 4.69) is 6.07 Å². The SMILES string of the molecule is O=S(=O)(CCCl)N1CCc2ccccc2C1. The van der Waals surface area contributed by atoms with Crippen LogP contribution in [0.3, 0.4) is 0 Å². The fourth-order valence-electron chi connectivity index (χ4n) is 1.93. The molecule has 1 aliphatic rings. The van der Waals surface area contributed by atoms with Crippen LogP contribution in [0.25, 0.3) is 0 Å². The first kappa shape index (κ1) is 11.9. The molecule has 1 aromatic carbocycles. The zero-order valence-electron chi connectivity index (χ0n) is 8.89. The molecule has 3 nitrogen and oxygen atoms in total. The Hall–Kier alpha value is -0.580. The number of rotatable bonds is 3. The number of nitrogens with zero attached hydrogens (tertiary/aromatic N) is 1. The molecule has 0 atom stereocenters. The van der Waals surface area contributed by atoms with Crippen molar-refractivity contribution < 1.29 is 8.42 Å². The monoisotopic (exact) mass is 259 g/mol. The second kappa shape index (κ2) is 4.73. The number of halogens is 1. The number of fused-ring (bicyclic) bond motifs is 1. The van der Waals surface area contributed by atoms with E-state index in [9.17, 15) is 8.42 Å². The van der Waals surface area contributed by atoms with Crippen molar-refractivity contribution in [2.24, 2.45) is 0 Å². The highest BCUT2D eigenvalue weighted by atomic mass is 35.5. The van der Waals surface area contributed by atoms with Crippen molar-refractivity contribution in [2.45, 2.75) is 13.0 Å². The smallest absolute Gasteiger partial charge is 0.212 e. The third kappa shape index (κ3) is 2.39. The summed E-state index contributed by atoms with van der Waals surface area (Å²) >= 11 is 5.50. The summed E-state index contributed by atoms with van der Waals surface area (Å²) in [7, 11) is -3.17. The van der Waals surface area contributed by atoms with E-state index in [4.69, 9.17) is 11.6 Å². The Bertz CT molecular complexity index is 473. The lowest BCUT2D eigenvalue weighted by Crippen LogP contribution is -2.37. The van der Waals surface area contributed by atoms with E-state index >= 15 is 0 Å². The van der Waals surface area contributed by atoms with E-state index < -0.39 is 10.0 Å². The Morgan fingerprint density at radius 2 is 1.94 bits per heavy atom. The van der Waals surface area contributed by atoms with Crippen molar-refractivity contribution in [3.63, 3.8) is 0 Å². The largest absolute Gasteiger partial charge is 0.215 e. The highest BCUT2D eigenvalue weighted by Gasteiger charge is 2.25. The maximum absolute atomic E-state index is 11.8. The third-order valence-corrected chi connectivity index (χ3v) is 5.06. The zero-order valence-corrected chi connectivity index (χ0v) is 10.5. The van der Waals surface area contributed by atoms with E-state index in [0.717, 1.165) is 12.0 Å². The molecule has 5 heteroatoms. The van der Waals surface area contributed by atoms with Crippen molar-refractivity contribution in [2.75, 3.05) is 18.2 Å². The van der Waals surface area contributed by atoms with Gasteiger partial charge in [-0.25, -0.2) is 8.42 Å². The highest BCUT2D eigenvalue weighted by Crippen LogP contribution is 2.20. The third-order valence-electron chi connectivity index (χ3n) is 2.82. The van der Waals surface area contributed by atoms with Gasteiger partial charge in [0.25, 0.3) is 0 Å². The van der Waals surface area contributed by atoms with Gasteiger partial charge in [-0.05, 0) is 17.5 Å². The summed E-state index contributed by atoms with van der Waals surface area (Å²) in [5.41, 5.74) is 2.35. The van der Waals surface area contributed by atoms with Crippen molar-refractivity contribution in [1.29, 1.82) is 0 Å². The van der Waals surface area contributed by atoms with E-state index in [1.165, 1.54) is 9.87 Å². The van der Waals surface area contributed by atoms with Gasteiger partial charge < -0.3 is 0 Å². The topological polar surface area (TPSA) is 37.4 Å². The first-order valence-electron chi connectivity index (χ1n) is 5.24. The number of alkyl halides is 1. The molecule has 0 radical (unpaired) electrons. The maximum atomic E-state index is 11.8. The average molecular weight is 260 g/mol. The van der Waals surface area contributed by atoms with Gasteiger partial charge in [0.1, 0.15) is 0 Å². The van der Waals surface area contributed by atoms with Crippen LogP contribution in [0.1, 0.15) is 11.1 Å². The maximum Gasteiger partial charge on any atom is 0.215 e. The predicted octanol–water partition coefficient (Wildman–Crippen LogP) is 1.61. The minimum absolute atomic E-state index is 0.0245. The molecular weight excluding hydrogens is 246 g/mol. The van der Waals surface area contributed by atoms with Crippen LogP contribution < -0.4 is 0 Å². The molecule has 16 heavy (non-hydrogen) atoms. The van der Waals surface area contributed by atoms with E-state index in [0.29, 0.717) is 13.1 Å². The van der Waals surface area contributed by atoms with Crippen LogP contribution in [-0.4, -0.2) is 30.9 Å². The van der Waals surface area contributed by atoms with Crippen LogP contribution in [0, 0.1) is 0 Å². The molecule has 1 heterocycles. The molecule has 1 aromatic rings. The Labute approximate surface area is 101 Å². The van der Waals surface area contributed by atoms with Gasteiger partial charge in [-0.1, -0.05) is 24.3 Å². The van der Waals surface area contributed by atoms with Crippen LogP contribution in [0.4, 0.5) is 0 Å². The van der Waals surface area contributed by atoms with Gasteiger partial charge >= 0.3 is 0 Å². The summed E-state index contributed by atoms with van der Waals surface area (Å²) in [5.74, 6) is 0.178. The lowest BCUT2D eigenvalue weighted by Gasteiger charge is -2.27. The van der Waals surface area contributed by atoms with Gasteiger partial charge in [-0.3, -0.25) is 0 Å². The summed E-state index contributed by atoms with van der Waals surface area (Å²) in [5, 5.41) is 0. The van der Waals surface area contributed by atoms with Crippen LogP contribution in [0.5, 0.6) is 0 Å². The van der Waals surface area contributed by atoms with Crippen LogP contribution in [0.2, 0.25) is 0 Å². The molecule has 0 aliphatic carbocycles. The zero-order chi connectivity index (χ0) is 11.6. The van der Waals surface area contributed by atoms with Gasteiger partial charge in [0.2, 0.25) is 10.0 Å². The van der Waals surface area contributed by atoms with Crippen LogP contribution in [0.15, 0.2) is 24.3 Å². The lowest BCUT2D eigenvalue weighted by molar-refractivity contribution is 0.392. The van der Waals surface area contributed by atoms with E-state index in [-0.39, 0.29) is 11.6 Å². The second-order valence-corrected chi connectivity index (χ2v) is 6.32. The Morgan fingerprint density at radius 1 is 1.25 bits per heavy atom. The number of benzene rings is 1. The first-order valence-corrected chi connectivity index (χ1v) is 7.38. The van der Waals surface area contributed by atoms with Crippen molar-refractivity contribution in [3.8, 4) is 0 Å². The summed E-state index contributed by atoms with van der Waals surface area (Å²) in [6.07, 6.45) is 0.789. The molecule has 0 aromatic heterocycles. The summed E-state index contributed by atoms with van der Waals surface area (Å²) in [6, 6.07) is 7.97. The van der Waals surface area contributed by atoms with Gasteiger partial charge in [-0.15, -0.1) is 11.6 Å². The molecule has 0 unspecified atom stereocenters. The number of sulfonamides is 1. The van der Waals surface area contributed by atoms with Gasteiger partial charge in [0, 0.05) is 19.0 Å². The molecule has 0 saturated carbocycles. The first-order chi connectivity index (χ1) is 7.63. The fraction of sp³-hybridized carbons (Fsp3) is 0.455. The summed E-state index contributed by atoms with van der Waals surface area (Å²) in [4.78, 5) is 0. The van der Waals surface area contributed by atoms with Crippen LogP contribution >= 0.6 is 11.6 Å². The molecule has 88 valence electrons. The summed E-state index contributed by atoms with van der Waals surface area (Å²) < 4.78 is 25.2. The van der Waals surface area contributed by atoms with Gasteiger partial charge in [0.05, 0.1) is 5.75 Å². The standard InChI is InChI=1S/C11H14ClNO2S/c12-6-8-16(14,15)13-7-5-10-3-1-2-4-11(10)9-13/h1-4H,5-9H2. The normalized spacial score (nSPS) is 17.1. The molecule has 0 saturated heterocycles. The molecule has 0 fully saturated rings. The average Bonchev–Trinajstić information content (AvgIpc) is 2.28. The van der Waals surface area contributed by atoms with Crippen LogP contribution in [-0.2, 0) is 23.0 Å². The Kier molecular flexibility index (Phi) is 3.52. The number of hydrogen-bond donors (Lipinski definition) is 0. The molecular formula is C11H14ClNO2S. The van der Waals surface area contributed by atoms with Crippen molar-refractivity contribution >= 4 is 21.6 Å². The molecule has 1 aliphatic heterocycles. The van der Waals surface area contributed by atoms with Crippen molar-refractivity contribution in [1.82, 2.24) is 4.31 Å². The highest BCUT2D eigenvalue weighted by molar-refractivity contribution is 7.89. The Morgan fingerprint density at radius 3 is 2.62 bits per heavy atom. The molecule has 0 amide bonds. The summed E-state index contributed by atoms with van der Waals surface area (Å²) in [6.45, 7) is 1.05. The van der Waals surface area contributed by atoms with Gasteiger partial charge in [-0.2, -0.15) is 4.31 Å². The number of hydrogen-bond acceptors (Lipinski definition) is 2. The predicted molar refractivity (Wildman–Crippen MR) is 65.1 cm³/mol. The minimum Gasteiger partial charge on any atom is -0.212 e. The molecule has 0 spiro atoms. The quantitative estimate of drug-likeness (QED) is 0.774. The molecule has 0 bridgehead atoms. The van der Waals surface area contributed by atoms with Crippen molar-refractivity contribution in [3.05, 3.63) is 35.4 Å². The van der Waals surface area contributed by atoms with E-state index in [1.54, 1.807) is 0 Å². The van der Waals surface area contributed by atoms with E-state index in [1.807, 2.05) is 18.2 Å². The molecule has 2 rings (SSSR count). The molecule has 0 N–H and O–H groups in total. The minimum atomic E-state index is -3.17. The second-order valence-electron chi connectivity index (χ2n) is 3.86. The fourth-order valence-corrected chi connectivity index (χ4v) is 3.68. The Balaban J connectivity index is 2.20. The van der Waals surface area contributed by atoms with Gasteiger partial charge in [0.15, 0.2) is 0 Å².